The van der Waals surface area contributed by atoms with Crippen molar-refractivity contribution in [2.24, 2.45) is 0 Å². The number of amides is 1. The number of alkyl halides is 4. The molecule has 2 nitrogen and oxygen atoms in total. The highest BCUT2D eigenvalue weighted by molar-refractivity contribution is 9.11. The van der Waals surface area contributed by atoms with Crippen molar-refractivity contribution in [3.63, 3.8) is 0 Å². The van der Waals surface area contributed by atoms with E-state index in [0.717, 1.165) is 3.79 Å². The van der Waals surface area contributed by atoms with Crippen LogP contribution in [0.5, 0.6) is 0 Å². The van der Waals surface area contributed by atoms with Crippen LogP contribution in [0.4, 0.5) is 17.6 Å². The van der Waals surface area contributed by atoms with Crippen LogP contribution < -0.4 is 0 Å². The van der Waals surface area contributed by atoms with Crippen LogP contribution in [0.2, 0.25) is 0 Å². The summed E-state index contributed by atoms with van der Waals surface area (Å²) in [6.07, 6.45) is -3.99. The third-order valence-electron chi connectivity index (χ3n) is 2.20. The fraction of sp³-hybridized carbons (Fsp3) is 0.500. The first kappa shape index (κ1) is 15.4. The number of thiophene rings is 1. The van der Waals surface area contributed by atoms with E-state index in [4.69, 9.17) is 0 Å². The molecule has 102 valence electrons. The Morgan fingerprint density at radius 2 is 2.11 bits per heavy atom. The molecule has 0 aliphatic carbocycles. The number of nitrogens with zero attached hydrogens (tertiary/aromatic N) is 1. The summed E-state index contributed by atoms with van der Waals surface area (Å²) in [4.78, 5) is 12.7. The highest BCUT2D eigenvalue weighted by Gasteiger charge is 2.50. The first-order valence-electron chi connectivity index (χ1n) is 4.98. The molecule has 18 heavy (non-hydrogen) atoms. The van der Waals surface area contributed by atoms with E-state index in [9.17, 15) is 22.4 Å². The van der Waals surface area contributed by atoms with E-state index in [-0.39, 0.29) is 13.1 Å². The number of carbonyl (C=O) groups excluding carboxylic acids is 1. The van der Waals surface area contributed by atoms with Gasteiger partial charge in [-0.25, -0.2) is 8.78 Å². The van der Waals surface area contributed by atoms with Crippen LogP contribution >= 0.6 is 27.3 Å². The van der Waals surface area contributed by atoms with Crippen LogP contribution in [0.25, 0.3) is 0 Å². The minimum Gasteiger partial charge on any atom is -0.332 e. The van der Waals surface area contributed by atoms with Crippen molar-refractivity contribution in [2.45, 2.75) is 25.8 Å². The van der Waals surface area contributed by atoms with Crippen molar-refractivity contribution in [1.82, 2.24) is 4.90 Å². The zero-order valence-electron chi connectivity index (χ0n) is 9.30. The maximum Gasteiger partial charge on any atom is 0.383 e. The summed E-state index contributed by atoms with van der Waals surface area (Å²) in [5, 5.41) is 0. The van der Waals surface area contributed by atoms with E-state index >= 15 is 0 Å². The third-order valence-corrected chi connectivity index (χ3v) is 3.81. The Hall–Kier alpha value is -0.630. The molecule has 1 aromatic rings. The van der Waals surface area contributed by atoms with Gasteiger partial charge in [-0.15, -0.1) is 11.3 Å². The van der Waals surface area contributed by atoms with Crippen molar-refractivity contribution in [2.75, 3.05) is 6.54 Å². The minimum absolute atomic E-state index is 0.0589. The molecule has 0 atom stereocenters. The van der Waals surface area contributed by atoms with Gasteiger partial charge in [0.2, 0.25) is 0 Å². The lowest BCUT2D eigenvalue weighted by Gasteiger charge is -2.24. The molecular weight excluding hydrogens is 338 g/mol. The molecule has 8 heteroatoms. The second-order valence-corrected chi connectivity index (χ2v) is 6.00. The summed E-state index contributed by atoms with van der Waals surface area (Å²) in [5.74, 6) is -6.48. The lowest BCUT2D eigenvalue weighted by atomic mass is 10.3. The predicted molar refractivity (Wildman–Crippen MR) is 64.1 cm³/mol. The van der Waals surface area contributed by atoms with E-state index in [0.29, 0.717) is 9.78 Å². The maximum absolute atomic E-state index is 12.9. The summed E-state index contributed by atoms with van der Waals surface area (Å²) in [7, 11) is 0. The Labute approximate surface area is 114 Å². The molecule has 0 aliphatic heterocycles. The number of hydrogen-bond acceptors (Lipinski definition) is 2. The molecule has 1 amide bonds. The van der Waals surface area contributed by atoms with Gasteiger partial charge in [-0.2, -0.15) is 8.78 Å². The van der Waals surface area contributed by atoms with Gasteiger partial charge in [0.05, 0.1) is 10.3 Å². The van der Waals surface area contributed by atoms with Gasteiger partial charge in [-0.1, -0.05) is 0 Å². The van der Waals surface area contributed by atoms with Crippen LogP contribution in [0.1, 0.15) is 11.8 Å². The molecule has 0 spiro atoms. The van der Waals surface area contributed by atoms with Crippen LogP contribution in [-0.4, -0.2) is 29.7 Å². The number of halogens is 5. The van der Waals surface area contributed by atoms with Gasteiger partial charge >= 0.3 is 12.3 Å². The Balaban J connectivity index is 2.81. The molecule has 0 aromatic carbocycles. The highest BCUT2D eigenvalue weighted by Crippen LogP contribution is 2.28. The first-order valence-corrected chi connectivity index (χ1v) is 6.59. The van der Waals surface area contributed by atoms with Crippen molar-refractivity contribution in [1.29, 1.82) is 0 Å². The van der Waals surface area contributed by atoms with E-state index in [1.54, 1.807) is 12.1 Å². The van der Waals surface area contributed by atoms with Crippen LogP contribution in [0.15, 0.2) is 15.9 Å². The smallest absolute Gasteiger partial charge is 0.332 e. The monoisotopic (exact) mass is 347 g/mol. The van der Waals surface area contributed by atoms with E-state index in [2.05, 4.69) is 15.9 Å². The maximum atomic E-state index is 12.9. The molecule has 1 aromatic heterocycles. The van der Waals surface area contributed by atoms with Gasteiger partial charge < -0.3 is 4.90 Å². The van der Waals surface area contributed by atoms with Gasteiger partial charge in [-0.3, -0.25) is 4.79 Å². The van der Waals surface area contributed by atoms with Gasteiger partial charge in [-0.05, 0) is 35.0 Å². The number of carbonyl (C=O) groups is 1. The fourth-order valence-corrected chi connectivity index (χ4v) is 2.76. The number of hydrogen-bond donors (Lipinski definition) is 0. The molecule has 0 saturated carbocycles. The number of rotatable bonds is 5. The van der Waals surface area contributed by atoms with Crippen molar-refractivity contribution >= 4 is 33.2 Å². The molecule has 0 unspecified atom stereocenters. The molecule has 1 heterocycles. The molecule has 0 radical (unpaired) electrons. The lowest BCUT2D eigenvalue weighted by molar-refractivity contribution is -0.181. The molecule has 1 rings (SSSR count). The van der Waals surface area contributed by atoms with E-state index < -0.39 is 18.3 Å². The summed E-state index contributed by atoms with van der Waals surface area (Å²) >= 11 is 4.45. The van der Waals surface area contributed by atoms with Gasteiger partial charge in [0.1, 0.15) is 0 Å². The average molecular weight is 348 g/mol. The zero-order chi connectivity index (χ0) is 13.9. The molecule has 0 bridgehead atoms. The Morgan fingerprint density at radius 3 is 2.50 bits per heavy atom. The molecule has 0 N–H and O–H groups in total. The first-order chi connectivity index (χ1) is 8.28. The Kier molecular flexibility index (Phi) is 5.15. The summed E-state index contributed by atoms with van der Waals surface area (Å²) in [6.45, 7) is 1.30. The second-order valence-electron chi connectivity index (χ2n) is 3.45. The van der Waals surface area contributed by atoms with Crippen molar-refractivity contribution in [3.8, 4) is 0 Å². The topological polar surface area (TPSA) is 20.3 Å². The molecule has 0 fully saturated rings. The molecule has 0 saturated heterocycles. The SMILES string of the molecule is CCN(Cc1ccc(Br)s1)C(=O)C(F)(F)C(F)F. The lowest BCUT2D eigenvalue weighted by Crippen LogP contribution is -2.47. The third kappa shape index (κ3) is 3.44. The molecule has 0 aliphatic rings. The van der Waals surface area contributed by atoms with E-state index in [1.807, 2.05) is 0 Å². The van der Waals surface area contributed by atoms with E-state index in [1.165, 1.54) is 18.3 Å². The normalized spacial score (nSPS) is 11.9. The summed E-state index contributed by atoms with van der Waals surface area (Å²) in [5.41, 5.74) is 0. The van der Waals surface area contributed by atoms with Crippen molar-refractivity contribution < 1.29 is 22.4 Å². The quantitative estimate of drug-likeness (QED) is 0.742. The highest BCUT2D eigenvalue weighted by atomic mass is 79.9. The van der Waals surface area contributed by atoms with Gasteiger partial charge in [0, 0.05) is 11.4 Å². The Bertz CT molecular complexity index is 424. The average Bonchev–Trinajstić information content (AvgIpc) is 2.70. The van der Waals surface area contributed by atoms with Crippen LogP contribution in [0, 0.1) is 0 Å². The largest absolute Gasteiger partial charge is 0.383 e. The summed E-state index contributed by atoms with van der Waals surface area (Å²) in [6, 6.07) is 3.34. The van der Waals surface area contributed by atoms with Crippen molar-refractivity contribution in [3.05, 3.63) is 20.8 Å². The predicted octanol–water partition coefficient (Wildman–Crippen LogP) is 3.76. The zero-order valence-corrected chi connectivity index (χ0v) is 11.7. The van der Waals surface area contributed by atoms with Crippen LogP contribution in [-0.2, 0) is 11.3 Å². The summed E-state index contributed by atoms with van der Waals surface area (Å²) < 4.78 is 50.9. The fourth-order valence-electron chi connectivity index (χ4n) is 1.26. The molecular formula is C10H10BrF4NOS. The Morgan fingerprint density at radius 1 is 1.50 bits per heavy atom. The standard InChI is InChI=1S/C10H10BrF4NOS/c1-2-16(5-6-3-4-7(11)18-6)9(17)10(14,15)8(12)13/h3-4,8H,2,5H2,1H3. The second kappa shape index (κ2) is 6.01. The van der Waals surface area contributed by atoms with Crippen LogP contribution in [0.3, 0.4) is 0 Å². The van der Waals surface area contributed by atoms with Gasteiger partial charge in [0.25, 0.3) is 5.91 Å². The van der Waals surface area contributed by atoms with Gasteiger partial charge in [0.15, 0.2) is 0 Å². The minimum atomic E-state index is -4.63.